The van der Waals surface area contributed by atoms with Crippen molar-refractivity contribution in [2.75, 3.05) is 49.6 Å². The van der Waals surface area contributed by atoms with E-state index in [2.05, 4.69) is 40.2 Å². The fourth-order valence-electron chi connectivity index (χ4n) is 3.10. The molecule has 0 aliphatic carbocycles. The van der Waals surface area contributed by atoms with Gasteiger partial charge in [-0.2, -0.15) is 0 Å². The van der Waals surface area contributed by atoms with Crippen LogP contribution in [0, 0.1) is 11.3 Å². The Kier molecular flexibility index (Phi) is 4.83. The van der Waals surface area contributed by atoms with Crippen molar-refractivity contribution in [3.63, 3.8) is 0 Å². The molecule has 0 bridgehead atoms. The Morgan fingerprint density at radius 3 is 2.55 bits per heavy atom. The molecule has 0 atom stereocenters. The van der Waals surface area contributed by atoms with Crippen LogP contribution in [-0.4, -0.2) is 50.3 Å². The van der Waals surface area contributed by atoms with Gasteiger partial charge >= 0.3 is 0 Å². The van der Waals surface area contributed by atoms with Crippen LogP contribution in [0.5, 0.6) is 0 Å². The number of likely N-dealkylation sites (tertiary alicyclic amines) is 1. The number of nitrogens with one attached hydrogen (secondary N) is 2. The third-order valence-electron chi connectivity index (χ3n) is 4.61. The number of guanidine groups is 1. The number of hydrogen-bond donors (Lipinski definition) is 2. The molecule has 2 aliphatic rings. The largest absolute Gasteiger partial charge is 0.378 e. The van der Waals surface area contributed by atoms with Gasteiger partial charge in [0.2, 0.25) is 0 Å². The van der Waals surface area contributed by atoms with Gasteiger partial charge in [0, 0.05) is 26.2 Å². The Bertz CT molecular complexity index is 505. The van der Waals surface area contributed by atoms with Gasteiger partial charge in [0.25, 0.3) is 0 Å². The second-order valence-corrected chi connectivity index (χ2v) is 6.26. The zero-order chi connectivity index (χ0) is 15.4. The maximum Gasteiger partial charge on any atom is 0.195 e. The molecule has 0 aromatic heterocycles. The van der Waals surface area contributed by atoms with E-state index in [0.29, 0.717) is 5.96 Å². The molecule has 2 fully saturated rings. The van der Waals surface area contributed by atoms with Crippen molar-refractivity contribution < 1.29 is 4.74 Å². The lowest BCUT2D eigenvalue weighted by Crippen LogP contribution is -2.42. The molecular weight excluding hydrogens is 276 g/mol. The Morgan fingerprint density at radius 1 is 1.14 bits per heavy atom. The summed E-state index contributed by atoms with van der Waals surface area (Å²) >= 11 is 0. The molecule has 5 heteroatoms. The molecule has 3 rings (SSSR count). The van der Waals surface area contributed by atoms with Gasteiger partial charge in [0.1, 0.15) is 0 Å². The van der Waals surface area contributed by atoms with Gasteiger partial charge in [0.05, 0.1) is 24.6 Å². The first-order valence-corrected chi connectivity index (χ1v) is 8.26. The summed E-state index contributed by atoms with van der Waals surface area (Å²) in [7, 11) is 0. The highest BCUT2D eigenvalue weighted by molar-refractivity contribution is 5.94. The molecule has 1 aromatic carbocycles. The summed E-state index contributed by atoms with van der Waals surface area (Å²) in [6.07, 6.45) is 2.35. The van der Waals surface area contributed by atoms with E-state index in [1.165, 1.54) is 18.5 Å². The number of hydrogen-bond acceptors (Lipinski definition) is 3. The van der Waals surface area contributed by atoms with Crippen molar-refractivity contribution in [3.05, 3.63) is 24.3 Å². The number of benzene rings is 1. The van der Waals surface area contributed by atoms with Crippen LogP contribution in [0.15, 0.2) is 24.3 Å². The van der Waals surface area contributed by atoms with E-state index in [4.69, 9.17) is 10.1 Å². The average Bonchev–Trinajstić information content (AvgIpc) is 2.57. The molecule has 120 valence electrons. The van der Waals surface area contributed by atoms with E-state index in [1.807, 2.05) is 6.07 Å². The second kappa shape index (κ2) is 7.01. The number of ether oxygens (including phenoxy) is 1. The van der Waals surface area contributed by atoms with Gasteiger partial charge in [-0.1, -0.05) is 19.1 Å². The van der Waals surface area contributed by atoms with E-state index in [-0.39, 0.29) is 0 Å². The van der Waals surface area contributed by atoms with Crippen LogP contribution < -0.4 is 10.2 Å². The molecule has 2 aliphatic heterocycles. The lowest BCUT2D eigenvalue weighted by Gasteiger charge is -2.34. The smallest absolute Gasteiger partial charge is 0.195 e. The first kappa shape index (κ1) is 15.2. The highest BCUT2D eigenvalue weighted by Crippen LogP contribution is 2.27. The van der Waals surface area contributed by atoms with Crippen LogP contribution >= 0.6 is 0 Å². The molecule has 2 N–H and O–H groups in total. The zero-order valence-electron chi connectivity index (χ0n) is 13.3. The molecule has 0 amide bonds. The van der Waals surface area contributed by atoms with Gasteiger partial charge in [-0.15, -0.1) is 0 Å². The van der Waals surface area contributed by atoms with Crippen molar-refractivity contribution in [2.45, 2.75) is 19.8 Å². The minimum Gasteiger partial charge on any atom is -0.378 e. The molecule has 22 heavy (non-hydrogen) atoms. The van der Waals surface area contributed by atoms with Gasteiger partial charge in [-0.05, 0) is 30.9 Å². The van der Waals surface area contributed by atoms with Crippen LogP contribution in [0.25, 0.3) is 0 Å². The molecule has 5 nitrogen and oxygen atoms in total. The Hall–Kier alpha value is -1.75. The van der Waals surface area contributed by atoms with Gasteiger partial charge < -0.3 is 19.9 Å². The molecule has 0 unspecified atom stereocenters. The van der Waals surface area contributed by atoms with E-state index < -0.39 is 0 Å². The van der Waals surface area contributed by atoms with Crippen molar-refractivity contribution in [1.82, 2.24) is 4.90 Å². The summed E-state index contributed by atoms with van der Waals surface area (Å²) in [6, 6.07) is 8.27. The number of anilines is 2. The van der Waals surface area contributed by atoms with Crippen molar-refractivity contribution in [3.8, 4) is 0 Å². The molecule has 2 saturated heterocycles. The van der Waals surface area contributed by atoms with Gasteiger partial charge in [0.15, 0.2) is 5.96 Å². The van der Waals surface area contributed by atoms with Crippen molar-refractivity contribution >= 4 is 17.3 Å². The quantitative estimate of drug-likeness (QED) is 0.651. The monoisotopic (exact) mass is 302 g/mol. The molecular formula is C17H26N4O. The summed E-state index contributed by atoms with van der Waals surface area (Å²) in [6.45, 7) is 7.62. The van der Waals surface area contributed by atoms with Gasteiger partial charge in [-0.3, -0.25) is 5.41 Å². The number of piperidine rings is 1. The maximum absolute atomic E-state index is 8.37. The summed E-state index contributed by atoms with van der Waals surface area (Å²) in [4.78, 5) is 4.48. The fraction of sp³-hybridized carbons (Fsp3) is 0.588. The lowest BCUT2D eigenvalue weighted by atomic mass is 10.00. The van der Waals surface area contributed by atoms with E-state index in [9.17, 15) is 0 Å². The Labute approximate surface area is 132 Å². The average molecular weight is 302 g/mol. The van der Waals surface area contributed by atoms with Crippen molar-refractivity contribution in [2.24, 2.45) is 5.92 Å². The molecule has 0 saturated carbocycles. The second-order valence-electron chi connectivity index (χ2n) is 6.26. The normalized spacial score (nSPS) is 20.0. The third kappa shape index (κ3) is 3.53. The summed E-state index contributed by atoms with van der Waals surface area (Å²) in [5.74, 6) is 1.30. The molecule has 0 spiro atoms. The summed E-state index contributed by atoms with van der Waals surface area (Å²) in [5.41, 5.74) is 2.19. The summed E-state index contributed by atoms with van der Waals surface area (Å²) < 4.78 is 5.43. The molecule has 2 heterocycles. The van der Waals surface area contributed by atoms with Crippen LogP contribution in [0.4, 0.5) is 11.4 Å². The lowest BCUT2D eigenvalue weighted by molar-refractivity contribution is 0.123. The highest BCUT2D eigenvalue weighted by atomic mass is 16.5. The van der Waals surface area contributed by atoms with Crippen LogP contribution in [0.3, 0.4) is 0 Å². The highest BCUT2D eigenvalue weighted by Gasteiger charge is 2.20. The number of para-hydroxylation sites is 2. The minimum atomic E-state index is 0.521. The van der Waals surface area contributed by atoms with E-state index in [1.54, 1.807) is 0 Å². The number of rotatable bonds is 2. The number of morpholine rings is 1. The Balaban J connectivity index is 1.68. The molecule has 0 radical (unpaired) electrons. The van der Waals surface area contributed by atoms with E-state index >= 15 is 0 Å². The Morgan fingerprint density at radius 2 is 1.82 bits per heavy atom. The van der Waals surface area contributed by atoms with E-state index in [0.717, 1.165) is 51.0 Å². The van der Waals surface area contributed by atoms with Crippen LogP contribution in [0.1, 0.15) is 19.8 Å². The third-order valence-corrected chi connectivity index (χ3v) is 4.61. The summed E-state index contributed by atoms with van der Waals surface area (Å²) in [5, 5.41) is 11.7. The fourth-order valence-corrected chi connectivity index (χ4v) is 3.10. The topological polar surface area (TPSA) is 51.6 Å². The van der Waals surface area contributed by atoms with Crippen LogP contribution in [-0.2, 0) is 4.74 Å². The minimum absolute atomic E-state index is 0.521. The predicted molar refractivity (Wildman–Crippen MR) is 90.8 cm³/mol. The van der Waals surface area contributed by atoms with Crippen molar-refractivity contribution in [1.29, 1.82) is 5.41 Å². The maximum atomic E-state index is 8.37. The first-order valence-electron chi connectivity index (χ1n) is 8.26. The predicted octanol–water partition coefficient (Wildman–Crippen LogP) is 2.60. The molecule has 1 aromatic rings. The number of nitrogens with zero attached hydrogens (tertiary/aromatic N) is 2. The van der Waals surface area contributed by atoms with Crippen LogP contribution in [0.2, 0.25) is 0 Å². The zero-order valence-corrected chi connectivity index (χ0v) is 13.3. The first-order chi connectivity index (χ1) is 10.7. The van der Waals surface area contributed by atoms with Gasteiger partial charge in [-0.25, -0.2) is 0 Å². The standard InChI is InChI=1S/C17H26N4O/c1-14-6-8-21(9-7-14)17(18)19-15-4-2-3-5-16(15)20-10-12-22-13-11-20/h2-5,14H,6-13H2,1H3,(H2,18,19). The SMILES string of the molecule is CC1CCN(C(=N)Nc2ccccc2N2CCOCC2)CC1.